The van der Waals surface area contributed by atoms with Gasteiger partial charge in [-0.05, 0) is 6.92 Å². The van der Waals surface area contributed by atoms with Crippen LogP contribution in [0.25, 0.3) is 0 Å². The van der Waals surface area contributed by atoms with Gasteiger partial charge in [-0.2, -0.15) is 12.6 Å². The number of carboxylic acid groups (broad SMARTS) is 1. The van der Waals surface area contributed by atoms with Gasteiger partial charge in [-0.25, -0.2) is 4.79 Å². The lowest BCUT2D eigenvalue weighted by Gasteiger charge is -2.20. The van der Waals surface area contributed by atoms with Crippen LogP contribution in [0.2, 0.25) is 0 Å². The molecule has 4 heteroatoms. The molecule has 0 saturated carbocycles. The summed E-state index contributed by atoms with van der Waals surface area (Å²) in [6.45, 7) is 2.74. The van der Waals surface area contributed by atoms with E-state index in [1.54, 1.807) is 0 Å². The molecule has 0 saturated heterocycles. The molecule has 0 bridgehead atoms. The number of aliphatic carboxylic acids is 1. The lowest BCUT2D eigenvalue weighted by molar-refractivity contribution is -0.156. The molecule has 54 valence electrons. The maximum absolute atomic E-state index is 10.2. The minimum Gasteiger partial charge on any atom is -0.479 e. The second-order valence-corrected chi connectivity index (χ2v) is 2.90. The van der Waals surface area contributed by atoms with Crippen molar-refractivity contribution in [3.8, 4) is 0 Å². The first-order chi connectivity index (χ1) is 3.89. The van der Waals surface area contributed by atoms with E-state index >= 15 is 0 Å². The minimum absolute atomic E-state index is 0.560. The molecule has 0 aromatic rings. The van der Waals surface area contributed by atoms with Crippen molar-refractivity contribution in [2.24, 2.45) is 0 Å². The summed E-state index contributed by atoms with van der Waals surface area (Å²) in [6, 6.07) is 0. The number of thiol groups is 1. The van der Waals surface area contributed by atoms with Gasteiger partial charge in [0.15, 0.2) is 5.60 Å². The van der Waals surface area contributed by atoms with E-state index in [1.165, 1.54) is 13.8 Å². The van der Waals surface area contributed by atoms with E-state index in [9.17, 15) is 4.79 Å². The fraction of sp³-hybridized carbons (Fsp3) is 0.800. The van der Waals surface area contributed by atoms with Crippen LogP contribution in [0.4, 0.5) is 0 Å². The van der Waals surface area contributed by atoms with Crippen LogP contribution in [-0.4, -0.2) is 27.0 Å². The number of carbonyl (C=O) groups is 1. The molecule has 0 amide bonds. The Balaban J connectivity index is 4.19. The molecule has 0 aromatic carbocycles. The molecule has 0 heterocycles. The minimum atomic E-state index is -1.72. The standard InChI is InChI=1S/C5H10O3S/c1-3(9)5(2,8)4(6)7/h3,8-9H,1-2H3,(H,6,7). The Labute approximate surface area is 59.1 Å². The molecule has 9 heavy (non-hydrogen) atoms. The number of rotatable bonds is 2. The Hall–Kier alpha value is -0.220. The number of hydrogen-bond acceptors (Lipinski definition) is 3. The first-order valence-corrected chi connectivity index (χ1v) is 3.04. The van der Waals surface area contributed by atoms with Crippen molar-refractivity contribution in [3.63, 3.8) is 0 Å². The number of hydrogen-bond donors (Lipinski definition) is 3. The van der Waals surface area contributed by atoms with E-state index in [4.69, 9.17) is 10.2 Å². The summed E-state index contributed by atoms with van der Waals surface area (Å²) in [5.41, 5.74) is -1.72. The molecule has 0 rings (SSSR count). The summed E-state index contributed by atoms with van der Waals surface area (Å²) in [6.07, 6.45) is 0. The van der Waals surface area contributed by atoms with Crippen LogP contribution >= 0.6 is 12.6 Å². The van der Waals surface area contributed by atoms with Gasteiger partial charge in [0.1, 0.15) is 0 Å². The highest BCUT2D eigenvalue weighted by Crippen LogP contribution is 2.14. The SMILES string of the molecule is CC(S)C(C)(O)C(=O)O. The molecule has 0 fully saturated rings. The Morgan fingerprint density at radius 2 is 2.11 bits per heavy atom. The summed E-state index contributed by atoms with van der Waals surface area (Å²) in [5, 5.41) is 16.7. The summed E-state index contributed by atoms with van der Waals surface area (Å²) < 4.78 is 0. The Morgan fingerprint density at radius 1 is 1.78 bits per heavy atom. The van der Waals surface area contributed by atoms with E-state index in [0.717, 1.165) is 0 Å². The largest absolute Gasteiger partial charge is 0.479 e. The second-order valence-electron chi connectivity index (χ2n) is 2.13. The van der Waals surface area contributed by atoms with E-state index in [0.29, 0.717) is 0 Å². The monoisotopic (exact) mass is 150 g/mol. The molecular formula is C5H10O3S. The van der Waals surface area contributed by atoms with Gasteiger partial charge in [-0.3, -0.25) is 0 Å². The van der Waals surface area contributed by atoms with Gasteiger partial charge in [-0.1, -0.05) is 6.92 Å². The molecule has 0 radical (unpaired) electrons. The maximum Gasteiger partial charge on any atom is 0.336 e. The van der Waals surface area contributed by atoms with Crippen molar-refractivity contribution in [1.82, 2.24) is 0 Å². The quantitative estimate of drug-likeness (QED) is 0.491. The molecule has 0 spiro atoms. The Kier molecular flexibility index (Phi) is 2.51. The third kappa shape index (κ3) is 1.87. The van der Waals surface area contributed by atoms with E-state index in [-0.39, 0.29) is 0 Å². The normalized spacial score (nSPS) is 20.4. The van der Waals surface area contributed by atoms with Crippen LogP contribution in [0.1, 0.15) is 13.8 Å². The summed E-state index contributed by atoms with van der Waals surface area (Å²) in [5.74, 6) is -1.25. The van der Waals surface area contributed by atoms with Crippen molar-refractivity contribution < 1.29 is 15.0 Å². The molecule has 0 aliphatic carbocycles. The van der Waals surface area contributed by atoms with Gasteiger partial charge in [0, 0.05) is 5.25 Å². The predicted octanol–water partition coefficient (Wildman–Crippen LogP) is 0.140. The molecule has 3 nitrogen and oxygen atoms in total. The van der Waals surface area contributed by atoms with Gasteiger partial charge in [-0.15, -0.1) is 0 Å². The zero-order chi connectivity index (χ0) is 7.65. The molecule has 0 aliphatic rings. The highest BCUT2D eigenvalue weighted by atomic mass is 32.1. The third-order valence-corrected chi connectivity index (χ3v) is 1.75. The topological polar surface area (TPSA) is 57.5 Å². The van der Waals surface area contributed by atoms with Crippen molar-refractivity contribution >= 4 is 18.6 Å². The van der Waals surface area contributed by atoms with Crippen LogP contribution < -0.4 is 0 Å². The van der Waals surface area contributed by atoms with Gasteiger partial charge in [0.2, 0.25) is 0 Å². The molecule has 0 aliphatic heterocycles. The molecular weight excluding hydrogens is 140 g/mol. The highest BCUT2D eigenvalue weighted by Gasteiger charge is 2.34. The lowest BCUT2D eigenvalue weighted by atomic mass is 10.0. The fourth-order valence-corrected chi connectivity index (χ4v) is 0.289. The zero-order valence-corrected chi connectivity index (χ0v) is 6.22. The van der Waals surface area contributed by atoms with Gasteiger partial charge in [0.05, 0.1) is 0 Å². The second kappa shape index (κ2) is 2.58. The fourth-order valence-electron chi connectivity index (χ4n) is 0.179. The molecule has 0 aromatic heterocycles. The average Bonchev–Trinajstić information content (AvgIpc) is 1.65. The Morgan fingerprint density at radius 3 is 2.11 bits per heavy atom. The van der Waals surface area contributed by atoms with Gasteiger partial charge >= 0.3 is 5.97 Å². The zero-order valence-electron chi connectivity index (χ0n) is 5.33. The van der Waals surface area contributed by atoms with Crippen LogP contribution in [0.3, 0.4) is 0 Å². The molecule has 2 unspecified atom stereocenters. The van der Waals surface area contributed by atoms with Crippen LogP contribution in [-0.2, 0) is 4.79 Å². The summed E-state index contributed by atoms with van der Waals surface area (Å²) >= 11 is 3.79. The van der Waals surface area contributed by atoms with Crippen molar-refractivity contribution in [2.75, 3.05) is 0 Å². The van der Waals surface area contributed by atoms with Gasteiger partial charge < -0.3 is 10.2 Å². The number of aliphatic hydroxyl groups is 1. The van der Waals surface area contributed by atoms with E-state index in [1.807, 2.05) is 0 Å². The van der Waals surface area contributed by atoms with Crippen molar-refractivity contribution in [1.29, 1.82) is 0 Å². The highest BCUT2D eigenvalue weighted by molar-refractivity contribution is 7.81. The average molecular weight is 150 g/mol. The van der Waals surface area contributed by atoms with Crippen LogP contribution in [0.15, 0.2) is 0 Å². The third-order valence-electron chi connectivity index (χ3n) is 1.25. The maximum atomic E-state index is 10.2. The molecule has 2 N–H and O–H groups in total. The summed E-state index contributed by atoms with van der Waals surface area (Å²) in [4.78, 5) is 10.2. The number of carboxylic acids is 1. The van der Waals surface area contributed by atoms with E-state index < -0.39 is 16.8 Å². The Bertz CT molecular complexity index is 119. The van der Waals surface area contributed by atoms with Crippen molar-refractivity contribution in [2.45, 2.75) is 24.7 Å². The first kappa shape index (κ1) is 8.78. The molecule has 2 atom stereocenters. The van der Waals surface area contributed by atoms with Gasteiger partial charge in [0.25, 0.3) is 0 Å². The van der Waals surface area contributed by atoms with Crippen LogP contribution in [0, 0.1) is 0 Å². The smallest absolute Gasteiger partial charge is 0.336 e. The van der Waals surface area contributed by atoms with E-state index in [2.05, 4.69) is 12.6 Å². The van der Waals surface area contributed by atoms with Crippen LogP contribution in [0.5, 0.6) is 0 Å². The summed E-state index contributed by atoms with van der Waals surface area (Å²) in [7, 11) is 0. The first-order valence-electron chi connectivity index (χ1n) is 2.53. The van der Waals surface area contributed by atoms with Crippen molar-refractivity contribution in [3.05, 3.63) is 0 Å². The predicted molar refractivity (Wildman–Crippen MR) is 36.7 cm³/mol. The lowest BCUT2D eigenvalue weighted by Crippen LogP contribution is -2.42.